The van der Waals surface area contributed by atoms with Crippen LogP contribution in [-0.4, -0.2) is 28.9 Å². The first-order chi connectivity index (χ1) is 14.2. The largest absolute Gasteiger partial charge is 0.369 e. The summed E-state index contributed by atoms with van der Waals surface area (Å²) in [7, 11) is 0. The van der Waals surface area contributed by atoms with Crippen LogP contribution in [0.4, 0.5) is 0 Å². The summed E-state index contributed by atoms with van der Waals surface area (Å²) >= 11 is 0. The zero-order valence-corrected chi connectivity index (χ0v) is 16.6. The second-order valence-electron chi connectivity index (χ2n) is 8.02. The van der Waals surface area contributed by atoms with Crippen LogP contribution in [0.25, 0.3) is 11.1 Å². The van der Waals surface area contributed by atoms with Gasteiger partial charge in [0, 0.05) is 31.0 Å². The van der Waals surface area contributed by atoms with Crippen molar-refractivity contribution < 1.29 is 4.79 Å². The van der Waals surface area contributed by atoms with Crippen molar-refractivity contribution in [2.45, 2.75) is 25.8 Å². The Morgan fingerprint density at radius 3 is 2.59 bits per heavy atom. The molecular weight excluding hydrogens is 358 g/mol. The number of carbonyl (C=O) groups excluding carboxylic acids is 1. The van der Waals surface area contributed by atoms with Crippen LogP contribution < -0.4 is 5.73 Å². The van der Waals surface area contributed by atoms with Gasteiger partial charge in [0.05, 0.1) is 5.41 Å². The van der Waals surface area contributed by atoms with Gasteiger partial charge in [-0.15, -0.1) is 0 Å². The second kappa shape index (κ2) is 8.58. The SMILES string of the molecule is NC(=O)C1(Cc2ccccc2-c2cccnc2)CCCN(Cc2ccccc2)C1. The topological polar surface area (TPSA) is 59.2 Å². The highest BCUT2D eigenvalue weighted by Gasteiger charge is 2.41. The van der Waals surface area contributed by atoms with Gasteiger partial charge in [-0.2, -0.15) is 0 Å². The van der Waals surface area contributed by atoms with E-state index in [4.69, 9.17) is 5.73 Å². The number of likely N-dealkylation sites (tertiary alicyclic amines) is 1. The lowest BCUT2D eigenvalue weighted by atomic mass is 9.73. The van der Waals surface area contributed by atoms with Crippen molar-refractivity contribution >= 4 is 5.91 Å². The fourth-order valence-electron chi connectivity index (χ4n) is 4.48. The quantitative estimate of drug-likeness (QED) is 0.696. The Morgan fingerprint density at radius 2 is 1.83 bits per heavy atom. The fraction of sp³-hybridized carbons (Fsp3) is 0.280. The fourth-order valence-corrected chi connectivity index (χ4v) is 4.48. The molecular formula is C25H27N3O. The molecule has 4 heteroatoms. The molecule has 1 fully saturated rings. The molecule has 2 aromatic carbocycles. The van der Waals surface area contributed by atoms with E-state index in [1.807, 2.05) is 30.5 Å². The van der Waals surface area contributed by atoms with Crippen molar-refractivity contribution in [2.24, 2.45) is 11.1 Å². The monoisotopic (exact) mass is 385 g/mol. The lowest BCUT2D eigenvalue weighted by Crippen LogP contribution is -2.51. The Labute approximate surface area is 172 Å². The number of pyridine rings is 1. The minimum absolute atomic E-state index is 0.198. The van der Waals surface area contributed by atoms with Gasteiger partial charge in [-0.1, -0.05) is 60.7 Å². The molecule has 1 aromatic heterocycles. The first-order valence-corrected chi connectivity index (χ1v) is 10.2. The van der Waals surface area contributed by atoms with Crippen LogP contribution in [0.2, 0.25) is 0 Å². The van der Waals surface area contributed by atoms with E-state index in [1.165, 1.54) is 5.56 Å². The van der Waals surface area contributed by atoms with E-state index in [0.29, 0.717) is 13.0 Å². The molecule has 1 amide bonds. The Morgan fingerprint density at radius 1 is 1.03 bits per heavy atom. The van der Waals surface area contributed by atoms with Gasteiger partial charge in [0.1, 0.15) is 0 Å². The molecule has 3 aromatic rings. The number of piperidine rings is 1. The highest BCUT2D eigenvalue weighted by Crippen LogP contribution is 2.37. The number of hydrogen-bond donors (Lipinski definition) is 1. The first kappa shape index (κ1) is 19.3. The van der Waals surface area contributed by atoms with E-state index in [1.54, 1.807) is 6.20 Å². The summed E-state index contributed by atoms with van der Waals surface area (Å²) in [6, 6.07) is 22.7. The maximum absolute atomic E-state index is 12.7. The number of primary amides is 1. The Bertz CT molecular complexity index is 958. The molecule has 4 nitrogen and oxygen atoms in total. The number of nitrogens with two attached hydrogens (primary N) is 1. The molecule has 29 heavy (non-hydrogen) atoms. The van der Waals surface area contributed by atoms with Crippen LogP contribution in [0.15, 0.2) is 79.1 Å². The van der Waals surface area contributed by atoms with Gasteiger partial charge in [-0.3, -0.25) is 14.7 Å². The third kappa shape index (κ3) is 4.38. The molecule has 1 aliphatic heterocycles. The third-order valence-electron chi connectivity index (χ3n) is 5.95. The summed E-state index contributed by atoms with van der Waals surface area (Å²) in [5.41, 5.74) is 10.1. The minimum atomic E-state index is -0.550. The van der Waals surface area contributed by atoms with E-state index in [2.05, 4.69) is 52.3 Å². The average Bonchev–Trinajstić information content (AvgIpc) is 2.76. The third-order valence-corrected chi connectivity index (χ3v) is 5.95. The summed E-state index contributed by atoms with van der Waals surface area (Å²) in [5, 5.41) is 0. The zero-order valence-electron chi connectivity index (χ0n) is 16.6. The van der Waals surface area contributed by atoms with Crippen LogP contribution in [-0.2, 0) is 17.8 Å². The predicted octanol–water partition coefficient (Wildman–Crippen LogP) is 4.06. The van der Waals surface area contributed by atoms with E-state index in [-0.39, 0.29) is 5.91 Å². The number of carbonyl (C=O) groups is 1. The highest BCUT2D eigenvalue weighted by molar-refractivity contribution is 5.82. The first-order valence-electron chi connectivity index (χ1n) is 10.2. The van der Waals surface area contributed by atoms with E-state index < -0.39 is 5.41 Å². The molecule has 0 aliphatic carbocycles. The van der Waals surface area contributed by atoms with Crippen LogP contribution >= 0.6 is 0 Å². The van der Waals surface area contributed by atoms with E-state index >= 15 is 0 Å². The van der Waals surface area contributed by atoms with Gasteiger partial charge < -0.3 is 5.73 Å². The van der Waals surface area contributed by atoms with Gasteiger partial charge in [0.2, 0.25) is 5.91 Å². The molecule has 148 valence electrons. The molecule has 1 saturated heterocycles. The molecule has 0 saturated carbocycles. The number of nitrogens with zero attached hydrogens (tertiary/aromatic N) is 2. The predicted molar refractivity (Wildman–Crippen MR) is 116 cm³/mol. The molecule has 4 rings (SSSR count). The number of rotatable bonds is 6. The van der Waals surface area contributed by atoms with E-state index in [9.17, 15) is 4.79 Å². The molecule has 0 spiro atoms. The van der Waals surface area contributed by atoms with Crippen molar-refractivity contribution in [1.29, 1.82) is 0 Å². The molecule has 0 radical (unpaired) electrons. The summed E-state index contributed by atoms with van der Waals surface area (Å²) in [6.07, 6.45) is 6.11. The Hall–Kier alpha value is -2.98. The summed E-state index contributed by atoms with van der Waals surface area (Å²) in [6.45, 7) is 2.53. The molecule has 1 atom stereocenters. The van der Waals surface area contributed by atoms with Crippen molar-refractivity contribution in [3.05, 3.63) is 90.3 Å². The number of aromatic nitrogens is 1. The zero-order chi connectivity index (χ0) is 20.1. The molecule has 2 heterocycles. The van der Waals surface area contributed by atoms with Crippen molar-refractivity contribution in [2.75, 3.05) is 13.1 Å². The normalized spacial score (nSPS) is 19.7. The van der Waals surface area contributed by atoms with Crippen LogP contribution in [0.1, 0.15) is 24.0 Å². The van der Waals surface area contributed by atoms with Crippen molar-refractivity contribution in [3.8, 4) is 11.1 Å². The number of hydrogen-bond acceptors (Lipinski definition) is 3. The average molecular weight is 386 g/mol. The molecule has 2 N–H and O–H groups in total. The minimum Gasteiger partial charge on any atom is -0.369 e. The van der Waals surface area contributed by atoms with Crippen molar-refractivity contribution in [1.82, 2.24) is 9.88 Å². The summed E-state index contributed by atoms with van der Waals surface area (Å²) in [4.78, 5) is 19.3. The molecule has 1 unspecified atom stereocenters. The lowest BCUT2D eigenvalue weighted by molar-refractivity contribution is -0.131. The smallest absolute Gasteiger partial charge is 0.225 e. The van der Waals surface area contributed by atoms with Gasteiger partial charge in [-0.25, -0.2) is 0 Å². The maximum Gasteiger partial charge on any atom is 0.225 e. The highest BCUT2D eigenvalue weighted by atomic mass is 16.1. The lowest BCUT2D eigenvalue weighted by Gasteiger charge is -2.41. The van der Waals surface area contributed by atoms with Crippen molar-refractivity contribution in [3.63, 3.8) is 0 Å². The Kier molecular flexibility index (Phi) is 5.72. The van der Waals surface area contributed by atoms with Crippen LogP contribution in [0, 0.1) is 5.41 Å². The van der Waals surface area contributed by atoms with E-state index in [0.717, 1.165) is 42.6 Å². The molecule has 1 aliphatic rings. The maximum atomic E-state index is 12.7. The number of amides is 1. The van der Waals surface area contributed by atoms with Gasteiger partial charge in [0.15, 0.2) is 0 Å². The van der Waals surface area contributed by atoms with Gasteiger partial charge in [0.25, 0.3) is 0 Å². The van der Waals surface area contributed by atoms with Crippen LogP contribution in [0.5, 0.6) is 0 Å². The van der Waals surface area contributed by atoms with Gasteiger partial charge >= 0.3 is 0 Å². The molecule has 0 bridgehead atoms. The standard InChI is InChI=1S/C25H27N3O/c26-24(29)25(13-7-15-28(19-25)18-20-8-2-1-3-9-20)16-21-10-4-5-12-23(21)22-11-6-14-27-17-22/h1-6,8-12,14,17H,7,13,15-16,18-19H2,(H2,26,29). The second-order valence-corrected chi connectivity index (χ2v) is 8.02. The van der Waals surface area contributed by atoms with Gasteiger partial charge in [-0.05, 0) is 48.6 Å². The Balaban J connectivity index is 1.61. The van der Waals surface area contributed by atoms with Crippen LogP contribution in [0.3, 0.4) is 0 Å². The number of benzene rings is 2. The summed E-state index contributed by atoms with van der Waals surface area (Å²) < 4.78 is 0. The summed E-state index contributed by atoms with van der Waals surface area (Å²) in [5.74, 6) is -0.198.